The number of rotatable bonds is 8. The fourth-order valence-corrected chi connectivity index (χ4v) is 7.27. The minimum Gasteiger partial charge on any atom is -0.436 e. The number of anilines is 1. The number of urea groups is 1. The number of fused-ring (bicyclic) bond motifs is 1. The van der Waals surface area contributed by atoms with E-state index in [1.54, 1.807) is 17.0 Å². The molecule has 12 nitrogen and oxygen atoms in total. The van der Waals surface area contributed by atoms with E-state index >= 15 is 0 Å². The standard InChI is InChI=1S/C35H45N5O7/c1-25-22-26(6-7-31(25)46-24-41)23-32(33(42)38-18-16-37(17-19-38)28-11-20-45-21-12-28)47-35(44)39-13-9-29(10-14-39)40-15-8-27-4-2-3-5-30(27)36-34(40)43/h2-7,22,24,28-29,32H,8-21,23H2,1H3,(H,36,43)/t32-/m1/s1. The van der Waals surface area contributed by atoms with Crippen LogP contribution in [0, 0.1) is 6.92 Å². The molecule has 1 N–H and O–H groups in total. The number of piperazine rings is 1. The quantitative estimate of drug-likeness (QED) is 0.433. The van der Waals surface area contributed by atoms with Gasteiger partial charge in [-0.3, -0.25) is 14.5 Å². The number of nitrogens with one attached hydrogen (secondary N) is 1. The van der Waals surface area contributed by atoms with Gasteiger partial charge in [-0.2, -0.15) is 0 Å². The van der Waals surface area contributed by atoms with Crippen molar-refractivity contribution < 1.29 is 33.4 Å². The lowest BCUT2D eigenvalue weighted by Crippen LogP contribution is -2.56. The number of nitrogens with zero attached hydrogens (tertiary/aromatic N) is 4. The Morgan fingerprint density at radius 3 is 2.40 bits per heavy atom. The third-order valence-corrected chi connectivity index (χ3v) is 9.99. The lowest BCUT2D eigenvalue weighted by Gasteiger charge is -2.41. The van der Waals surface area contributed by atoms with Crippen molar-refractivity contribution in [1.82, 2.24) is 19.6 Å². The molecule has 0 saturated carbocycles. The first kappa shape index (κ1) is 32.8. The van der Waals surface area contributed by atoms with Crippen molar-refractivity contribution in [3.05, 3.63) is 59.2 Å². The number of likely N-dealkylation sites (tertiary alicyclic amines) is 1. The maximum atomic E-state index is 13.9. The molecule has 2 aromatic rings. The SMILES string of the molecule is Cc1cc(C[C@@H](OC(=O)N2CCC(N3CCc4ccccc4NC3=O)CC2)C(=O)N2CCN(C3CCOCC3)CC2)ccc1OC=O. The van der Waals surface area contributed by atoms with Crippen molar-refractivity contribution in [2.24, 2.45) is 0 Å². The Morgan fingerprint density at radius 2 is 1.68 bits per heavy atom. The van der Waals surface area contributed by atoms with Gasteiger partial charge in [-0.25, -0.2) is 9.59 Å². The summed E-state index contributed by atoms with van der Waals surface area (Å²) in [6.07, 6.45) is 2.72. The average Bonchev–Trinajstić information content (AvgIpc) is 3.27. The topological polar surface area (TPSA) is 121 Å². The highest BCUT2D eigenvalue weighted by atomic mass is 16.6. The number of ether oxygens (including phenoxy) is 3. The van der Waals surface area contributed by atoms with Crippen LogP contribution in [0.25, 0.3) is 0 Å². The molecule has 0 bridgehead atoms. The summed E-state index contributed by atoms with van der Waals surface area (Å²) in [5.74, 6) is 0.240. The molecule has 1 atom stereocenters. The Morgan fingerprint density at radius 1 is 0.936 bits per heavy atom. The van der Waals surface area contributed by atoms with Crippen molar-refractivity contribution in [1.29, 1.82) is 0 Å². The van der Waals surface area contributed by atoms with E-state index in [2.05, 4.69) is 10.2 Å². The maximum Gasteiger partial charge on any atom is 0.410 e. The van der Waals surface area contributed by atoms with Crippen LogP contribution in [0.1, 0.15) is 42.4 Å². The van der Waals surface area contributed by atoms with E-state index in [9.17, 15) is 19.2 Å². The summed E-state index contributed by atoms with van der Waals surface area (Å²) in [5, 5.41) is 3.04. The summed E-state index contributed by atoms with van der Waals surface area (Å²) in [7, 11) is 0. The van der Waals surface area contributed by atoms with Crippen LogP contribution in [0.3, 0.4) is 0 Å². The molecule has 0 unspecified atom stereocenters. The molecule has 6 rings (SSSR count). The molecule has 4 amide bonds. The molecule has 0 radical (unpaired) electrons. The minimum atomic E-state index is -0.998. The molecule has 0 aliphatic carbocycles. The summed E-state index contributed by atoms with van der Waals surface area (Å²) < 4.78 is 16.6. The van der Waals surface area contributed by atoms with Gasteiger partial charge in [-0.15, -0.1) is 0 Å². The average molecular weight is 648 g/mol. The molecule has 0 spiro atoms. The summed E-state index contributed by atoms with van der Waals surface area (Å²) >= 11 is 0. The number of hydrogen-bond acceptors (Lipinski definition) is 8. The van der Waals surface area contributed by atoms with Gasteiger partial charge in [0.2, 0.25) is 0 Å². The van der Waals surface area contributed by atoms with Gasteiger partial charge in [-0.05, 0) is 67.9 Å². The van der Waals surface area contributed by atoms with Gasteiger partial charge in [0.25, 0.3) is 12.4 Å². The van der Waals surface area contributed by atoms with E-state index in [1.165, 1.54) is 0 Å². The molecule has 47 heavy (non-hydrogen) atoms. The third kappa shape index (κ3) is 7.87. The molecule has 12 heteroatoms. The van der Waals surface area contributed by atoms with Gasteiger partial charge in [0.1, 0.15) is 5.75 Å². The van der Waals surface area contributed by atoms with E-state index in [4.69, 9.17) is 14.2 Å². The molecule has 3 fully saturated rings. The van der Waals surface area contributed by atoms with Gasteiger partial charge < -0.3 is 34.2 Å². The molecule has 252 valence electrons. The van der Waals surface area contributed by atoms with Gasteiger partial charge in [-0.1, -0.05) is 30.3 Å². The van der Waals surface area contributed by atoms with Crippen molar-refractivity contribution in [3.8, 4) is 5.75 Å². The van der Waals surface area contributed by atoms with Crippen LogP contribution in [-0.2, 0) is 31.9 Å². The third-order valence-electron chi connectivity index (χ3n) is 9.99. The maximum absolute atomic E-state index is 13.9. The van der Waals surface area contributed by atoms with Gasteiger partial charge in [0, 0.05) is 83.2 Å². The number of amides is 4. The van der Waals surface area contributed by atoms with Crippen LogP contribution in [0.15, 0.2) is 42.5 Å². The normalized spacial score (nSPS) is 20.5. The second-order valence-electron chi connectivity index (χ2n) is 12.8. The van der Waals surface area contributed by atoms with Gasteiger partial charge >= 0.3 is 12.1 Å². The van der Waals surface area contributed by atoms with Crippen LogP contribution in [0.2, 0.25) is 0 Å². The summed E-state index contributed by atoms with van der Waals surface area (Å²) in [6, 6.07) is 13.6. The lowest BCUT2D eigenvalue weighted by atomic mass is 10.0. The smallest absolute Gasteiger partial charge is 0.410 e. The van der Waals surface area contributed by atoms with E-state index in [0.717, 1.165) is 67.9 Å². The van der Waals surface area contributed by atoms with Crippen LogP contribution < -0.4 is 10.1 Å². The van der Waals surface area contributed by atoms with Crippen LogP contribution in [-0.4, -0.2) is 121 Å². The first-order valence-corrected chi connectivity index (χ1v) is 16.8. The lowest BCUT2D eigenvalue weighted by molar-refractivity contribution is -0.143. The Labute approximate surface area is 275 Å². The Balaban J connectivity index is 1.08. The number of benzene rings is 2. The second kappa shape index (κ2) is 15.2. The zero-order valence-corrected chi connectivity index (χ0v) is 27.1. The summed E-state index contributed by atoms with van der Waals surface area (Å²) in [5.41, 5.74) is 3.52. The van der Waals surface area contributed by atoms with Crippen molar-refractivity contribution >= 4 is 30.2 Å². The Hall–Kier alpha value is -4.16. The van der Waals surface area contributed by atoms with E-state index in [1.807, 2.05) is 47.1 Å². The Kier molecular flexibility index (Phi) is 10.6. The predicted octanol–water partition coefficient (Wildman–Crippen LogP) is 3.46. The number of hydrogen-bond donors (Lipinski definition) is 1. The van der Waals surface area contributed by atoms with E-state index in [-0.39, 0.29) is 24.4 Å². The van der Waals surface area contributed by atoms with E-state index < -0.39 is 12.2 Å². The minimum absolute atomic E-state index is 0.00730. The molecule has 4 aliphatic rings. The number of carbonyl (C=O) groups excluding carboxylic acids is 4. The molecule has 3 saturated heterocycles. The molecule has 4 aliphatic heterocycles. The van der Waals surface area contributed by atoms with Gasteiger partial charge in [0.15, 0.2) is 6.10 Å². The molecule has 2 aromatic carbocycles. The highest BCUT2D eigenvalue weighted by Gasteiger charge is 2.36. The van der Waals surface area contributed by atoms with Gasteiger partial charge in [0.05, 0.1) is 0 Å². The molecule has 4 heterocycles. The monoisotopic (exact) mass is 647 g/mol. The van der Waals surface area contributed by atoms with Crippen LogP contribution in [0.5, 0.6) is 5.75 Å². The first-order chi connectivity index (χ1) is 22.9. The highest BCUT2D eigenvalue weighted by molar-refractivity contribution is 5.91. The zero-order valence-electron chi connectivity index (χ0n) is 27.1. The largest absolute Gasteiger partial charge is 0.436 e. The van der Waals surface area contributed by atoms with Crippen molar-refractivity contribution in [2.75, 3.05) is 64.3 Å². The second-order valence-corrected chi connectivity index (χ2v) is 12.8. The number of piperidine rings is 1. The molecule has 0 aromatic heterocycles. The number of aryl methyl sites for hydroxylation is 1. The number of para-hydroxylation sites is 1. The zero-order chi connectivity index (χ0) is 32.8. The first-order valence-electron chi connectivity index (χ1n) is 16.8. The fourth-order valence-electron chi connectivity index (χ4n) is 7.27. The summed E-state index contributed by atoms with van der Waals surface area (Å²) in [6.45, 7) is 7.93. The Bertz CT molecular complexity index is 1430. The van der Waals surface area contributed by atoms with E-state index in [0.29, 0.717) is 63.8 Å². The van der Waals surface area contributed by atoms with Crippen molar-refractivity contribution in [3.63, 3.8) is 0 Å². The van der Waals surface area contributed by atoms with Crippen LogP contribution >= 0.6 is 0 Å². The highest BCUT2D eigenvalue weighted by Crippen LogP contribution is 2.26. The van der Waals surface area contributed by atoms with Crippen molar-refractivity contribution in [2.45, 2.75) is 63.6 Å². The molecular formula is C35H45N5O7. The number of carbonyl (C=O) groups is 4. The fraction of sp³-hybridized carbons (Fsp3) is 0.543. The predicted molar refractivity (Wildman–Crippen MR) is 174 cm³/mol. The van der Waals surface area contributed by atoms with Crippen LogP contribution in [0.4, 0.5) is 15.3 Å². The molecular weight excluding hydrogens is 602 g/mol. The summed E-state index contributed by atoms with van der Waals surface area (Å²) in [4.78, 5) is 59.2.